The van der Waals surface area contributed by atoms with Crippen molar-refractivity contribution < 1.29 is 14.3 Å². The van der Waals surface area contributed by atoms with Crippen LogP contribution in [0.25, 0.3) is 0 Å². The van der Waals surface area contributed by atoms with Gasteiger partial charge in [0.05, 0.1) is 19.7 Å². The van der Waals surface area contributed by atoms with Crippen molar-refractivity contribution in [3.05, 3.63) is 35.9 Å². The molecule has 0 atom stereocenters. The number of benzene rings is 1. The molecule has 0 aliphatic rings. The van der Waals surface area contributed by atoms with Gasteiger partial charge in [0.2, 0.25) is 11.8 Å². The van der Waals surface area contributed by atoms with Crippen LogP contribution in [0, 0.1) is 0 Å². The van der Waals surface area contributed by atoms with Gasteiger partial charge in [0, 0.05) is 20.2 Å². The Kier molecular flexibility index (Phi) is 12.1. The van der Waals surface area contributed by atoms with Crippen molar-refractivity contribution in [1.82, 2.24) is 16.0 Å². The SMILES string of the molecule is COCCNCC(=O)NCC(=O)NCCc1ccccc1.Cl. The Morgan fingerprint density at radius 3 is 2.36 bits per heavy atom. The van der Waals surface area contributed by atoms with Gasteiger partial charge in [-0.05, 0) is 12.0 Å². The molecule has 22 heavy (non-hydrogen) atoms. The van der Waals surface area contributed by atoms with Gasteiger partial charge in [0.15, 0.2) is 0 Å². The minimum absolute atomic E-state index is 0. The van der Waals surface area contributed by atoms with Gasteiger partial charge in [-0.2, -0.15) is 0 Å². The van der Waals surface area contributed by atoms with Crippen molar-refractivity contribution in [1.29, 1.82) is 0 Å². The Balaban J connectivity index is 0.00000441. The quantitative estimate of drug-likeness (QED) is 0.533. The number of carbonyl (C=O) groups excluding carboxylic acids is 2. The first-order valence-corrected chi connectivity index (χ1v) is 6.99. The van der Waals surface area contributed by atoms with Gasteiger partial charge in [0.1, 0.15) is 0 Å². The molecule has 0 aliphatic heterocycles. The fourth-order valence-electron chi connectivity index (χ4n) is 1.67. The van der Waals surface area contributed by atoms with E-state index in [9.17, 15) is 9.59 Å². The highest BCUT2D eigenvalue weighted by Gasteiger charge is 2.04. The number of amides is 2. The summed E-state index contributed by atoms with van der Waals surface area (Å²) in [7, 11) is 1.60. The Bertz CT molecular complexity index is 429. The van der Waals surface area contributed by atoms with Crippen LogP contribution in [-0.4, -0.2) is 51.7 Å². The summed E-state index contributed by atoms with van der Waals surface area (Å²) in [6, 6.07) is 9.92. The van der Waals surface area contributed by atoms with Crippen LogP contribution in [-0.2, 0) is 20.7 Å². The van der Waals surface area contributed by atoms with Gasteiger partial charge in [-0.25, -0.2) is 0 Å². The summed E-state index contributed by atoms with van der Waals surface area (Å²) in [5, 5.41) is 8.23. The molecule has 0 aliphatic carbocycles. The van der Waals surface area contributed by atoms with Crippen LogP contribution in [0.2, 0.25) is 0 Å². The summed E-state index contributed by atoms with van der Waals surface area (Å²) in [4.78, 5) is 23.0. The number of methoxy groups -OCH3 is 1. The second-order valence-electron chi connectivity index (χ2n) is 4.53. The zero-order valence-corrected chi connectivity index (χ0v) is 13.6. The van der Waals surface area contributed by atoms with Gasteiger partial charge < -0.3 is 20.7 Å². The summed E-state index contributed by atoms with van der Waals surface area (Å²) in [5.41, 5.74) is 1.17. The van der Waals surface area contributed by atoms with Crippen LogP contribution in [0.15, 0.2) is 30.3 Å². The third-order valence-electron chi connectivity index (χ3n) is 2.79. The molecule has 1 rings (SSSR count). The van der Waals surface area contributed by atoms with E-state index in [-0.39, 0.29) is 37.3 Å². The number of halogens is 1. The second kappa shape index (κ2) is 13.1. The maximum Gasteiger partial charge on any atom is 0.239 e. The van der Waals surface area contributed by atoms with E-state index in [2.05, 4.69) is 16.0 Å². The number of hydrogen-bond donors (Lipinski definition) is 3. The zero-order chi connectivity index (χ0) is 15.3. The summed E-state index contributed by atoms with van der Waals surface area (Å²) in [5.74, 6) is -0.388. The maximum absolute atomic E-state index is 11.5. The first kappa shape index (κ1) is 20.4. The Hall–Kier alpha value is -1.63. The number of hydrogen-bond acceptors (Lipinski definition) is 4. The molecule has 0 aromatic heterocycles. The molecule has 0 bridgehead atoms. The van der Waals surface area contributed by atoms with E-state index in [1.807, 2.05) is 30.3 Å². The molecule has 0 unspecified atom stereocenters. The van der Waals surface area contributed by atoms with E-state index in [0.29, 0.717) is 19.7 Å². The lowest BCUT2D eigenvalue weighted by molar-refractivity contribution is -0.125. The predicted octanol–water partition coefficient (Wildman–Crippen LogP) is 0.119. The van der Waals surface area contributed by atoms with Crippen LogP contribution in [0.4, 0.5) is 0 Å². The average molecular weight is 330 g/mol. The summed E-state index contributed by atoms with van der Waals surface area (Å²) in [6.07, 6.45) is 0.777. The molecule has 1 aromatic rings. The first-order valence-electron chi connectivity index (χ1n) is 6.99. The summed E-state index contributed by atoms with van der Waals surface area (Å²) in [6.45, 7) is 1.89. The molecule has 124 valence electrons. The molecule has 6 nitrogen and oxygen atoms in total. The highest BCUT2D eigenvalue weighted by Crippen LogP contribution is 1.97. The molecule has 0 radical (unpaired) electrons. The van der Waals surface area contributed by atoms with Crippen LogP contribution in [0.5, 0.6) is 0 Å². The molecular weight excluding hydrogens is 306 g/mol. The highest BCUT2D eigenvalue weighted by molar-refractivity contribution is 5.85. The molecule has 3 N–H and O–H groups in total. The molecule has 2 amide bonds. The van der Waals surface area contributed by atoms with Crippen LogP contribution >= 0.6 is 12.4 Å². The Morgan fingerprint density at radius 1 is 1.00 bits per heavy atom. The number of ether oxygens (including phenoxy) is 1. The molecule has 0 saturated heterocycles. The van der Waals surface area contributed by atoms with Crippen molar-refractivity contribution in [2.45, 2.75) is 6.42 Å². The molecule has 0 fully saturated rings. The zero-order valence-electron chi connectivity index (χ0n) is 12.8. The lowest BCUT2D eigenvalue weighted by atomic mass is 10.1. The first-order chi connectivity index (χ1) is 10.2. The van der Waals surface area contributed by atoms with Crippen LogP contribution in [0.1, 0.15) is 5.56 Å². The lowest BCUT2D eigenvalue weighted by Gasteiger charge is -2.07. The molecule has 7 heteroatoms. The van der Waals surface area contributed by atoms with E-state index in [0.717, 1.165) is 6.42 Å². The lowest BCUT2D eigenvalue weighted by Crippen LogP contribution is -2.41. The summed E-state index contributed by atoms with van der Waals surface area (Å²) >= 11 is 0. The standard InChI is InChI=1S/C15H23N3O3.ClH/c1-21-10-9-16-11-14(19)18-12-15(20)17-8-7-13-5-3-2-4-6-13;/h2-6,16H,7-12H2,1H3,(H,17,20)(H,18,19);1H. The molecule has 1 aromatic carbocycles. The molecule has 0 saturated carbocycles. The van der Waals surface area contributed by atoms with E-state index in [1.165, 1.54) is 5.56 Å². The summed E-state index contributed by atoms with van der Waals surface area (Å²) < 4.78 is 4.84. The number of carbonyl (C=O) groups is 2. The topological polar surface area (TPSA) is 79.5 Å². The third-order valence-corrected chi connectivity index (χ3v) is 2.79. The smallest absolute Gasteiger partial charge is 0.239 e. The van der Waals surface area contributed by atoms with Crippen molar-refractivity contribution in [2.75, 3.05) is 39.9 Å². The van der Waals surface area contributed by atoms with E-state index in [4.69, 9.17) is 4.74 Å². The minimum atomic E-state index is -0.204. The Labute approximate surface area is 137 Å². The number of nitrogens with one attached hydrogen (secondary N) is 3. The highest BCUT2D eigenvalue weighted by atomic mass is 35.5. The average Bonchev–Trinajstić information content (AvgIpc) is 2.50. The van der Waals surface area contributed by atoms with Gasteiger partial charge in [-0.15, -0.1) is 12.4 Å². The maximum atomic E-state index is 11.5. The van der Waals surface area contributed by atoms with Crippen molar-refractivity contribution in [2.24, 2.45) is 0 Å². The van der Waals surface area contributed by atoms with Crippen molar-refractivity contribution >= 4 is 24.2 Å². The van der Waals surface area contributed by atoms with Gasteiger partial charge >= 0.3 is 0 Å². The van der Waals surface area contributed by atoms with E-state index in [1.54, 1.807) is 7.11 Å². The largest absolute Gasteiger partial charge is 0.383 e. The fraction of sp³-hybridized carbons (Fsp3) is 0.467. The molecule has 0 heterocycles. The second-order valence-corrected chi connectivity index (χ2v) is 4.53. The number of rotatable bonds is 10. The van der Waals surface area contributed by atoms with Crippen molar-refractivity contribution in [3.8, 4) is 0 Å². The normalized spacial score (nSPS) is 9.68. The fourth-order valence-corrected chi connectivity index (χ4v) is 1.67. The monoisotopic (exact) mass is 329 g/mol. The van der Waals surface area contributed by atoms with E-state index < -0.39 is 0 Å². The molecular formula is C15H24ClN3O3. The van der Waals surface area contributed by atoms with Crippen LogP contribution < -0.4 is 16.0 Å². The Morgan fingerprint density at radius 2 is 1.68 bits per heavy atom. The van der Waals surface area contributed by atoms with Gasteiger partial charge in [-0.1, -0.05) is 30.3 Å². The van der Waals surface area contributed by atoms with Gasteiger partial charge in [-0.3, -0.25) is 9.59 Å². The predicted molar refractivity (Wildman–Crippen MR) is 88.2 cm³/mol. The molecule has 0 spiro atoms. The van der Waals surface area contributed by atoms with Gasteiger partial charge in [0.25, 0.3) is 0 Å². The van der Waals surface area contributed by atoms with Crippen LogP contribution in [0.3, 0.4) is 0 Å². The van der Waals surface area contributed by atoms with E-state index >= 15 is 0 Å². The van der Waals surface area contributed by atoms with Crippen molar-refractivity contribution in [3.63, 3.8) is 0 Å². The third kappa shape index (κ3) is 10.1. The minimum Gasteiger partial charge on any atom is -0.383 e.